The third kappa shape index (κ3) is 4.33. The molecule has 21 heavy (non-hydrogen) atoms. The number of ether oxygens (including phenoxy) is 1. The molecule has 0 aliphatic carbocycles. The van der Waals surface area contributed by atoms with Crippen LogP contribution >= 0.6 is 0 Å². The van der Waals surface area contributed by atoms with Crippen molar-refractivity contribution in [1.29, 1.82) is 0 Å². The number of benzene rings is 2. The van der Waals surface area contributed by atoms with E-state index < -0.39 is 6.04 Å². The third-order valence-corrected chi connectivity index (χ3v) is 3.17. The van der Waals surface area contributed by atoms with E-state index in [4.69, 9.17) is 4.74 Å². The summed E-state index contributed by atoms with van der Waals surface area (Å²) in [4.78, 5) is 11.9. The van der Waals surface area contributed by atoms with Gasteiger partial charge in [0.25, 0.3) is 5.91 Å². The van der Waals surface area contributed by atoms with Crippen molar-refractivity contribution in [2.24, 2.45) is 0 Å². The number of carbonyl (C=O) groups excluding carboxylic acids is 1. The van der Waals surface area contributed by atoms with Crippen molar-refractivity contribution in [3.05, 3.63) is 65.7 Å². The molecule has 2 aromatic rings. The molecule has 4 nitrogen and oxygen atoms in total. The number of carbonyl (C=O) groups is 1. The summed E-state index contributed by atoms with van der Waals surface area (Å²) in [5.41, 5.74) is 1.84. The molecule has 0 spiro atoms. The molecule has 0 aliphatic heterocycles. The molecule has 4 heteroatoms. The molecule has 0 saturated carbocycles. The monoisotopic (exact) mass is 285 g/mol. The van der Waals surface area contributed by atoms with Crippen LogP contribution in [0.5, 0.6) is 5.75 Å². The quantitative estimate of drug-likeness (QED) is 0.855. The number of nitrogens with one attached hydrogen (secondary N) is 1. The second-order valence-corrected chi connectivity index (χ2v) is 4.77. The molecule has 1 amide bonds. The van der Waals surface area contributed by atoms with E-state index in [2.05, 4.69) is 5.32 Å². The fourth-order valence-electron chi connectivity index (χ4n) is 2.02. The standard InChI is InChI=1S/C17H19NO3/c1-13-7-5-6-10-16(13)21-12-17(20)18-15(11-19)14-8-3-2-4-9-14/h2-10,15,19H,11-12H2,1H3,(H,18,20). The minimum absolute atomic E-state index is 0.0752. The van der Waals surface area contributed by atoms with Gasteiger partial charge in [0, 0.05) is 0 Å². The maximum absolute atomic E-state index is 11.9. The van der Waals surface area contributed by atoms with Crippen LogP contribution in [-0.2, 0) is 4.79 Å². The Morgan fingerprint density at radius 3 is 2.48 bits per heavy atom. The van der Waals surface area contributed by atoms with Gasteiger partial charge in [-0.05, 0) is 24.1 Å². The van der Waals surface area contributed by atoms with Crippen molar-refractivity contribution in [2.75, 3.05) is 13.2 Å². The van der Waals surface area contributed by atoms with Gasteiger partial charge < -0.3 is 15.2 Å². The van der Waals surface area contributed by atoms with Crippen LogP contribution in [0.3, 0.4) is 0 Å². The average molecular weight is 285 g/mol. The molecular formula is C17H19NO3. The van der Waals surface area contributed by atoms with E-state index in [1.165, 1.54) is 0 Å². The van der Waals surface area contributed by atoms with Crippen LogP contribution < -0.4 is 10.1 Å². The Bertz CT molecular complexity index is 584. The highest BCUT2D eigenvalue weighted by Gasteiger charge is 2.13. The van der Waals surface area contributed by atoms with Crippen LogP contribution in [0.1, 0.15) is 17.2 Å². The molecule has 1 unspecified atom stereocenters. The predicted octanol–water partition coefficient (Wildman–Crippen LogP) is 2.22. The van der Waals surface area contributed by atoms with E-state index in [1.807, 2.05) is 61.5 Å². The van der Waals surface area contributed by atoms with Crippen molar-refractivity contribution < 1.29 is 14.6 Å². The lowest BCUT2D eigenvalue weighted by atomic mass is 10.1. The number of aliphatic hydroxyl groups is 1. The Morgan fingerprint density at radius 1 is 1.14 bits per heavy atom. The summed E-state index contributed by atoms with van der Waals surface area (Å²) < 4.78 is 5.49. The van der Waals surface area contributed by atoms with Crippen molar-refractivity contribution in [3.8, 4) is 5.75 Å². The molecule has 0 heterocycles. The number of para-hydroxylation sites is 1. The summed E-state index contributed by atoms with van der Waals surface area (Å²) in [6, 6.07) is 16.5. The van der Waals surface area contributed by atoms with Gasteiger partial charge in [-0.15, -0.1) is 0 Å². The Morgan fingerprint density at radius 2 is 1.81 bits per heavy atom. The molecule has 0 radical (unpaired) electrons. The number of rotatable bonds is 6. The fourth-order valence-corrected chi connectivity index (χ4v) is 2.02. The van der Waals surface area contributed by atoms with Crippen LogP contribution in [0.2, 0.25) is 0 Å². The lowest BCUT2D eigenvalue weighted by molar-refractivity contribution is -0.124. The topological polar surface area (TPSA) is 58.6 Å². The minimum atomic E-state index is -0.417. The van der Waals surface area contributed by atoms with Crippen LogP contribution in [0.4, 0.5) is 0 Å². The first kappa shape index (κ1) is 15.1. The number of hydrogen-bond donors (Lipinski definition) is 2. The summed E-state index contributed by atoms with van der Waals surface area (Å²) in [6.07, 6.45) is 0. The second kappa shape index (κ2) is 7.45. The Labute approximate surface area is 124 Å². The van der Waals surface area contributed by atoms with Crippen LogP contribution in [0, 0.1) is 6.92 Å². The normalized spacial score (nSPS) is 11.7. The number of aliphatic hydroxyl groups excluding tert-OH is 1. The largest absolute Gasteiger partial charge is 0.484 e. The van der Waals surface area contributed by atoms with Crippen molar-refractivity contribution in [2.45, 2.75) is 13.0 Å². The summed E-state index contributed by atoms with van der Waals surface area (Å²) >= 11 is 0. The third-order valence-electron chi connectivity index (χ3n) is 3.17. The van der Waals surface area contributed by atoms with E-state index in [0.29, 0.717) is 5.75 Å². The molecule has 0 bridgehead atoms. The van der Waals surface area contributed by atoms with Gasteiger partial charge >= 0.3 is 0 Å². The molecule has 2 rings (SSSR count). The molecule has 1 atom stereocenters. The molecule has 110 valence electrons. The van der Waals surface area contributed by atoms with Crippen LogP contribution in [0.15, 0.2) is 54.6 Å². The Kier molecular flexibility index (Phi) is 5.35. The summed E-state index contributed by atoms with van der Waals surface area (Å²) in [7, 11) is 0. The van der Waals surface area contributed by atoms with Gasteiger partial charge in [0.1, 0.15) is 5.75 Å². The minimum Gasteiger partial charge on any atom is -0.484 e. The zero-order chi connectivity index (χ0) is 15.1. The fraction of sp³-hybridized carbons (Fsp3) is 0.235. The van der Waals surface area contributed by atoms with Crippen molar-refractivity contribution >= 4 is 5.91 Å². The van der Waals surface area contributed by atoms with Gasteiger partial charge in [-0.3, -0.25) is 4.79 Å². The first-order chi connectivity index (χ1) is 10.2. The highest BCUT2D eigenvalue weighted by molar-refractivity contribution is 5.78. The first-order valence-electron chi connectivity index (χ1n) is 6.84. The van der Waals surface area contributed by atoms with Gasteiger partial charge in [0.2, 0.25) is 0 Å². The lowest BCUT2D eigenvalue weighted by Crippen LogP contribution is -2.34. The molecular weight excluding hydrogens is 266 g/mol. The molecule has 0 saturated heterocycles. The molecule has 0 aromatic heterocycles. The van der Waals surface area contributed by atoms with Crippen LogP contribution in [-0.4, -0.2) is 24.2 Å². The van der Waals surface area contributed by atoms with Gasteiger partial charge in [0.05, 0.1) is 12.6 Å². The predicted molar refractivity (Wildman–Crippen MR) is 81.1 cm³/mol. The lowest BCUT2D eigenvalue weighted by Gasteiger charge is -2.17. The second-order valence-electron chi connectivity index (χ2n) is 4.77. The zero-order valence-electron chi connectivity index (χ0n) is 12.0. The highest BCUT2D eigenvalue weighted by Crippen LogP contribution is 2.16. The summed E-state index contributed by atoms with van der Waals surface area (Å²) in [5, 5.41) is 12.2. The maximum Gasteiger partial charge on any atom is 0.258 e. The van der Waals surface area contributed by atoms with Gasteiger partial charge in [-0.1, -0.05) is 48.5 Å². The first-order valence-corrected chi connectivity index (χ1v) is 6.84. The maximum atomic E-state index is 11.9. The highest BCUT2D eigenvalue weighted by atomic mass is 16.5. The summed E-state index contributed by atoms with van der Waals surface area (Å²) in [6.45, 7) is 1.70. The number of aryl methyl sites for hydroxylation is 1. The average Bonchev–Trinajstić information content (AvgIpc) is 2.52. The van der Waals surface area contributed by atoms with E-state index >= 15 is 0 Å². The Hall–Kier alpha value is -2.33. The molecule has 0 aliphatic rings. The van der Waals surface area contributed by atoms with Gasteiger partial charge in [0.15, 0.2) is 6.61 Å². The van der Waals surface area contributed by atoms with E-state index in [0.717, 1.165) is 11.1 Å². The smallest absolute Gasteiger partial charge is 0.258 e. The Balaban J connectivity index is 1.90. The van der Waals surface area contributed by atoms with E-state index in [9.17, 15) is 9.90 Å². The van der Waals surface area contributed by atoms with Crippen molar-refractivity contribution in [1.82, 2.24) is 5.32 Å². The van der Waals surface area contributed by atoms with E-state index in [-0.39, 0.29) is 19.1 Å². The molecule has 0 fully saturated rings. The number of hydrogen-bond acceptors (Lipinski definition) is 3. The molecule has 2 N–H and O–H groups in total. The van der Waals surface area contributed by atoms with Gasteiger partial charge in [-0.2, -0.15) is 0 Å². The SMILES string of the molecule is Cc1ccccc1OCC(=O)NC(CO)c1ccccc1. The molecule has 2 aromatic carbocycles. The number of amides is 1. The van der Waals surface area contributed by atoms with Crippen molar-refractivity contribution in [3.63, 3.8) is 0 Å². The zero-order valence-corrected chi connectivity index (χ0v) is 12.0. The van der Waals surface area contributed by atoms with E-state index in [1.54, 1.807) is 0 Å². The van der Waals surface area contributed by atoms with Gasteiger partial charge in [-0.25, -0.2) is 0 Å². The van der Waals surface area contributed by atoms with Crippen LogP contribution in [0.25, 0.3) is 0 Å². The summed E-state index contributed by atoms with van der Waals surface area (Å²) in [5.74, 6) is 0.425.